The minimum atomic E-state index is -1.31. The van der Waals surface area contributed by atoms with Crippen molar-refractivity contribution in [1.29, 1.82) is 0 Å². The monoisotopic (exact) mass is 379 g/mol. The van der Waals surface area contributed by atoms with Crippen LogP contribution in [0, 0.1) is 0 Å². The molecule has 0 fully saturated rings. The van der Waals surface area contributed by atoms with Gasteiger partial charge in [0.1, 0.15) is 12.3 Å². The highest BCUT2D eigenvalue weighted by Gasteiger charge is 2.42. The molecule has 1 aromatic rings. The van der Waals surface area contributed by atoms with Gasteiger partial charge < -0.3 is 24.2 Å². The predicted octanol–water partition coefficient (Wildman–Crippen LogP) is 1.60. The van der Waals surface area contributed by atoms with Gasteiger partial charge in [0.25, 0.3) is 0 Å². The number of methoxy groups -OCH3 is 2. The first-order chi connectivity index (χ1) is 13.0. The van der Waals surface area contributed by atoms with Crippen molar-refractivity contribution in [3.05, 3.63) is 29.8 Å². The van der Waals surface area contributed by atoms with Crippen LogP contribution in [0.15, 0.2) is 23.9 Å². The van der Waals surface area contributed by atoms with Crippen LogP contribution in [-0.4, -0.2) is 66.7 Å². The summed E-state index contributed by atoms with van der Waals surface area (Å²) in [5, 5.41) is 13.6. The zero-order valence-electron chi connectivity index (χ0n) is 15.3. The van der Waals surface area contributed by atoms with E-state index >= 15 is 0 Å². The SMILES string of the molecule is C=CCON=C1CN(C(=O)O)C(C(=O)OCC)c2cc(OC)nc(OC)c21. The summed E-state index contributed by atoms with van der Waals surface area (Å²) in [7, 11) is 2.79. The van der Waals surface area contributed by atoms with E-state index in [2.05, 4.69) is 16.7 Å². The van der Waals surface area contributed by atoms with Gasteiger partial charge in [0.15, 0.2) is 6.04 Å². The molecule has 0 aromatic carbocycles. The highest BCUT2D eigenvalue weighted by atomic mass is 16.6. The molecule has 2 heterocycles. The zero-order valence-corrected chi connectivity index (χ0v) is 15.3. The number of hydrogen-bond acceptors (Lipinski definition) is 8. The van der Waals surface area contributed by atoms with Crippen molar-refractivity contribution in [2.75, 3.05) is 34.0 Å². The number of aromatic nitrogens is 1. The van der Waals surface area contributed by atoms with Crippen molar-refractivity contribution in [3.8, 4) is 11.8 Å². The summed E-state index contributed by atoms with van der Waals surface area (Å²) < 4.78 is 15.5. The molecule has 1 aliphatic rings. The number of carbonyl (C=O) groups is 2. The number of esters is 1. The molecule has 0 saturated heterocycles. The van der Waals surface area contributed by atoms with Gasteiger partial charge in [-0.15, -0.1) is 0 Å². The molecule has 0 radical (unpaired) electrons. The summed E-state index contributed by atoms with van der Waals surface area (Å²) in [6.45, 7) is 5.17. The molecule has 10 heteroatoms. The fourth-order valence-electron chi connectivity index (χ4n) is 2.67. The van der Waals surface area contributed by atoms with Crippen LogP contribution in [0.5, 0.6) is 11.8 Å². The number of fused-ring (bicyclic) bond motifs is 1. The van der Waals surface area contributed by atoms with Gasteiger partial charge in [-0.1, -0.05) is 17.8 Å². The Bertz CT molecular complexity index is 763. The molecule has 10 nitrogen and oxygen atoms in total. The molecule has 1 aliphatic heterocycles. The Morgan fingerprint density at radius 1 is 1.44 bits per heavy atom. The molecule has 0 saturated carbocycles. The number of amides is 1. The van der Waals surface area contributed by atoms with E-state index in [-0.39, 0.29) is 42.8 Å². The number of carbonyl (C=O) groups excluding carboxylic acids is 1. The summed E-state index contributed by atoms with van der Waals surface area (Å²) in [5.41, 5.74) is 0.881. The number of pyridine rings is 1. The molecular formula is C17H21N3O7. The third kappa shape index (κ3) is 4.10. The Labute approximate surface area is 156 Å². The van der Waals surface area contributed by atoms with E-state index < -0.39 is 18.1 Å². The fourth-order valence-corrected chi connectivity index (χ4v) is 2.67. The van der Waals surface area contributed by atoms with Crippen molar-refractivity contribution in [1.82, 2.24) is 9.88 Å². The van der Waals surface area contributed by atoms with Crippen LogP contribution >= 0.6 is 0 Å². The van der Waals surface area contributed by atoms with Gasteiger partial charge in [0.2, 0.25) is 11.8 Å². The maximum absolute atomic E-state index is 12.5. The fraction of sp³-hybridized carbons (Fsp3) is 0.412. The van der Waals surface area contributed by atoms with Crippen LogP contribution in [-0.2, 0) is 14.4 Å². The number of rotatable bonds is 7. The minimum absolute atomic E-state index is 0.0981. The lowest BCUT2D eigenvalue weighted by atomic mass is 9.92. The largest absolute Gasteiger partial charge is 0.481 e. The zero-order chi connectivity index (χ0) is 20.0. The van der Waals surface area contributed by atoms with Crippen molar-refractivity contribution in [2.45, 2.75) is 13.0 Å². The normalized spacial score (nSPS) is 17.1. The minimum Gasteiger partial charge on any atom is -0.481 e. The topological polar surface area (TPSA) is 120 Å². The van der Waals surface area contributed by atoms with E-state index in [9.17, 15) is 14.7 Å². The van der Waals surface area contributed by atoms with Crippen LogP contribution in [0.4, 0.5) is 4.79 Å². The highest BCUT2D eigenvalue weighted by Crippen LogP contribution is 2.37. The standard InChI is InChI=1S/C17H21N3O7/c1-5-7-27-19-11-9-20(17(22)23)14(16(21)26-6-2)10-8-12(24-3)18-15(25-4)13(10)11/h5,8,14H,1,6-7,9H2,2-4H3,(H,22,23). The lowest BCUT2D eigenvalue weighted by Gasteiger charge is -2.34. The average molecular weight is 379 g/mol. The van der Waals surface area contributed by atoms with Crippen LogP contribution in [0.25, 0.3) is 0 Å². The van der Waals surface area contributed by atoms with E-state index in [1.54, 1.807) is 6.92 Å². The van der Waals surface area contributed by atoms with E-state index in [4.69, 9.17) is 19.0 Å². The second kappa shape index (κ2) is 8.88. The molecule has 0 aliphatic carbocycles. The average Bonchev–Trinajstić information content (AvgIpc) is 2.66. The lowest BCUT2D eigenvalue weighted by Crippen LogP contribution is -2.46. The highest BCUT2D eigenvalue weighted by molar-refractivity contribution is 6.09. The predicted molar refractivity (Wildman–Crippen MR) is 94.1 cm³/mol. The van der Waals surface area contributed by atoms with Crippen molar-refractivity contribution in [2.24, 2.45) is 5.16 Å². The van der Waals surface area contributed by atoms with Gasteiger partial charge in [-0.2, -0.15) is 4.98 Å². The molecule has 0 bridgehead atoms. The summed E-state index contributed by atoms with van der Waals surface area (Å²) in [5.74, 6) is -0.439. The molecule has 27 heavy (non-hydrogen) atoms. The van der Waals surface area contributed by atoms with Crippen LogP contribution in [0.2, 0.25) is 0 Å². The maximum Gasteiger partial charge on any atom is 0.408 e. The van der Waals surface area contributed by atoms with Gasteiger partial charge in [0, 0.05) is 11.6 Å². The summed E-state index contributed by atoms with van der Waals surface area (Å²) in [6.07, 6.45) is 0.179. The van der Waals surface area contributed by atoms with Crippen LogP contribution < -0.4 is 9.47 Å². The van der Waals surface area contributed by atoms with Gasteiger partial charge in [-0.05, 0) is 6.92 Å². The molecule has 1 N–H and O–H groups in total. The van der Waals surface area contributed by atoms with Gasteiger partial charge in [-0.25, -0.2) is 9.59 Å². The Morgan fingerprint density at radius 2 is 2.19 bits per heavy atom. The van der Waals surface area contributed by atoms with Crippen LogP contribution in [0.3, 0.4) is 0 Å². The summed E-state index contributed by atoms with van der Waals surface area (Å²) in [4.78, 5) is 34.6. The maximum atomic E-state index is 12.5. The first-order valence-corrected chi connectivity index (χ1v) is 8.07. The smallest absolute Gasteiger partial charge is 0.408 e. The number of nitrogens with zero attached hydrogens (tertiary/aromatic N) is 3. The molecule has 0 spiro atoms. The quantitative estimate of drug-likeness (QED) is 0.328. The molecule has 1 unspecified atom stereocenters. The number of ether oxygens (including phenoxy) is 3. The number of oxime groups is 1. The van der Waals surface area contributed by atoms with Gasteiger partial charge in [-0.3, -0.25) is 4.90 Å². The third-order valence-corrected chi connectivity index (χ3v) is 3.73. The van der Waals surface area contributed by atoms with E-state index in [1.165, 1.54) is 26.4 Å². The number of hydrogen-bond donors (Lipinski definition) is 1. The van der Waals surface area contributed by atoms with E-state index in [0.717, 1.165) is 4.90 Å². The summed E-state index contributed by atoms with van der Waals surface area (Å²) in [6, 6.07) is 0.235. The third-order valence-electron chi connectivity index (χ3n) is 3.73. The Kier molecular flexibility index (Phi) is 6.58. The molecule has 1 atom stereocenters. The van der Waals surface area contributed by atoms with Crippen molar-refractivity contribution >= 4 is 17.8 Å². The second-order valence-corrected chi connectivity index (χ2v) is 5.33. The van der Waals surface area contributed by atoms with Crippen molar-refractivity contribution in [3.63, 3.8) is 0 Å². The van der Waals surface area contributed by atoms with Crippen LogP contribution in [0.1, 0.15) is 24.1 Å². The van der Waals surface area contributed by atoms with E-state index in [1.807, 2.05) is 0 Å². The summed E-state index contributed by atoms with van der Waals surface area (Å²) >= 11 is 0. The second-order valence-electron chi connectivity index (χ2n) is 5.33. The van der Waals surface area contributed by atoms with Gasteiger partial charge in [0.05, 0.1) is 32.9 Å². The van der Waals surface area contributed by atoms with Gasteiger partial charge >= 0.3 is 12.1 Å². The first-order valence-electron chi connectivity index (χ1n) is 8.07. The molecule has 2 rings (SSSR count). The number of carboxylic acid groups (broad SMARTS) is 1. The van der Waals surface area contributed by atoms with E-state index in [0.29, 0.717) is 5.56 Å². The Morgan fingerprint density at radius 3 is 2.74 bits per heavy atom. The van der Waals surface area contributed by atoms with Crippen molar-refractivity contribution < 1.29 is 33.7 Å². The first kappa shape index (κ1) is 20.0. The molecule has 146 valence electrons. The lowest BCUT2D eigenvalue weighted by molar-refractivity contribution is -0.149. The molecule has 1 aromatic heterocycles. The molecular weight excluding hydrogens is 358 g/mol. The Balaban J connectivity index is 2.71. The molecule has 1 amide bonds. The Hall–Kier alpha value is -3.30.